The maximum absolute atomic E-state index is 13.1. The monoisotopic (exact) mass is 397 g/mol. The first-order valence-corrected chi connectivity index (χ1v) is 10.1. The summed E-state index contributed by atoms with van der Waals surface area (Å²) in [6.07, 6.45) is 1.77. The second-order valence-electron chi connectivity index (χ2n) is 8.26. The molecule has 0 unspecified atom stereocenters. The fourth-order valence-corrected chi connectivity index (χ4v) is 4.59. The summed E-state index contributed by atoms with van der Waals surface area (Å²) in [7, 11) is 4.06. The van der Waals surface area contributed by atoms with E-state index in [2.05, 4.69) is 33.1 Å². The topological polar surface area (TPSA) is 69.0 Å². The number of nitrogens with one attached hydrogen (secondary N) is 2. The average Bonchev–Trinajstić information content (AvgIpc) is 3.33. The highest BCUT2D eigenvalue weighted by Crippen LogP contribution is 2.41. The van der Waals surface area contributed by atoms with Crippen molar-refractivity contribution in [3.05, 3.63) is 71.0 Å². The third-order valence-electron chi connectivity index (χ3n) is 5.79. The van der Waals surface area contributed by atoms with Crippen molar-refractivity contribution in [3.63, 3.8) is 0 Å². The molecule has 0 saturated heterocycles. The molecule has 0 fully saturated rings. The van der Waals surface area contributed by atoms with Crippen molar-refractivity contribution in [2.45, 2.75) is 19.9 Å². The van der Waals surface area contributed by atoms with Crippen LogP contribution in [0, 0.1) is 6.92 Å². The van der Waals surface area contributed by atoms with Crippen LogP contribution in [-0.4, -0.2) is 40.5 Å². The summed E-state index contributed by atoms with van der Waals surface area (Å²) in [4.78, 5) is 34.8. The Morgan fingerprint density at radius 3 is 2.50 bits per heavy atom. The number of nitrogens with zero attached hydrogens (tertiary/aromatic N) is 1. The van der Waals surface area contributed by atoms with Gasteiger partial charge in [0, 0.05) is 62.5 Å². The third kappa shape index (κ3) is 2.82. The Labute approximate surface area is 174 Å². The van der Waals surface area contributed by atoms with Crippen LogP contribution in [0.3, 0.4) is 0 Å². The summed E-state index contributed by atoms with van der Waals surface area (Å²) in [6, 6.07) is 14.1. The second kappa shape index (κ2) is 6.82. The lowest BCUT2D eigenvalue weighted by atomic mass is 9.93. The van der Waals surface area contributed by atoms with Crippen LogP contribution in [0.4, 0.5) is 0 Å². The van der Waals surface area contributed by atoms with Crippen LogP contribution < -0.4 is 0 Å². The molecule has 0 saturated carbocycles. The van der Waals surface area contributed by atoms with Crippen molar-refractivity contribution in [2.24, 2.45) is 0 Å². The number of para-hydroxylation sites is 1. The molecule has 5 rings (SSSR count). The van der Waals surface area contributed by atoms with Gasteiger partial charge in [-0.1, -0.05) is 24.3 Å². The number of benzene rings is 2. The van der Waals surface area contributed by atoms with Gasteiger partial charge >= 0.3 is 0 Å². The van der Waals surface area contributed by atoms with E-state index in [1.807, 2.05) is 51.5 Å². The van der Waals surface area contributed by atoms with Gasteiger partial charge in [0.1, 0.15) is 0 Å². The molecule has 1 aliphatic rings. The molecule has 2 N–H and O–H groups in total. The number of carbonyl (C=O) groups excluding carboxylic acids is 2. The van der Waals surface area contributed by atoms with Gasteiger partial charge in [-0.3, -0.25) is 9.59 Å². The molecule has 1 aliphatic carbocycles. The molecular formula is C25H23N3O2. The number of carbonyl (C=O) groups is 2. The molecule has 4 aromatic rings. The van der Waals surface area contributed by atoms with E-state index in [0.29, 0.717) is 11.1 Å². The number of aromatic amines is 2. The molecule has 5 nitrogen and oxygen atoms in total. The summed E-state index contributed by atoms with van der Waals surface area (Å²) in [6.45, 7) is 2.78. The first-order chi connectivity index (χ1) is 14.4. The summed E-state index contributed by atoms with van der Waals surface area (Å²) >= 11 is 0. The standard InChI is InChI=1S/C25H23N3O2/c1-14-23(17-10-15(13-28(2)3)8-9-20(17)27-14)25-22(30)11-21(29)24(25)18-12-26-19-7-5-4-6-16(18)19/h4-10,12,26-27H,11,13H2,1-3H3. The molecule has 0 atom stereocenters. The second-order valence-corrected chi connectivity index (χ2v) is 8.26. The third-order valence-corrected chi connectivity index (χ3v) is 5.79. The van der Waals surface area contributed by atoms with Gasteiger partial charge in [0.15, 0.2) is 11.6 Å². The van der Waals surface area contributed by atoms with E-state index in [1.54, 1.807) is 0 Å². The minimum Gasteiger partial charge on any atom is -0.361 e. The molecule has 150 valence electrons. The van der Waals surface area contributed by atoms with Gasteiger partial charge in [0.05, 0.1) is 6.42 Å². The van der Waals surface area contributed by atoms with E-state index >= 15 is 0 Å². The summed E-state index contributed by atoms with van der Waals surface area (Å²) in [5.41, 5.74) is 6.71. The smallest absolute Gasteiger partial charge is 0.172 e. The normalized spacial score (nSPS) is 14.8. The lowest BCUT2D eigenvalue weighted by Gasteiger charge is -2.10. The largest absolute Gasteiger partial charge is 0.361 e. The molecule has 0 radical (unpaired) electrons. The van der Waals surface area contributed by atoms with Crippen molar-refractivity contribution in [1.82, 2.24) is 14.9 Å². The van der Waals surface area contributed by atoms with Crippen LogP contribution in [0.15, 0.2) is 48.7 Å². The van der Waals surface area contributed by atoms with Crippen molar-refractivity contribution in [3.8, 4) is 0 Å². The number of allylic oxidation sites excluding steroid dienone is 2. The van der Waals surface area contributed by atoms with Gasteiger partial charge in [0.25, 0.3) is 0 Å². The summed E-state index contributed by atoms with van der Waals surface area (Å²) in [5, 5.41) is 1.95. The van der Waals surface area contributed by atoms with Gasteiger partial charge in [-0.25, -0.2) is 0 Å². The van der Waals surface area contributed by atoms with Crippen molar-refractivity contribution < 1.29 is 9.59 Å². The zero-order chi connectivity index (χ0) is 21.0. The van der Waals surface area contributed by atoms with Crippen molar-refractivity contribution in [1.29, 1.82) is 0 Å². The Balaban J connectivity index is 1.80. The summed E-state index contributed by atoms with van der Waals surface area (Å²) in [5.74, 6) is -0.222. The fourth-order valence-electron chi connectivity index (χ4n) is 4.59. The Bertz CT molecular complexity index is 1370. The predicted octanol–water partition coefficient (Wildman–Crippen LogP) is 4.47. The number of aryl methyl sites for hydroxylation is 1. The SMILES string of the molecule is Cc1[nH]c2ccc(CN(C)C)cc2c1C1=C(c2c[nH]c3ccccc23)C(=O)CC1=O. The molecule has 2 heterocycles. The minimum absolute atomic E-state index is 0.0757. The van der Waals surface area contributed by atoms with Crippen LogP contribution in [0.5, 0.6) is 0 Å². The number of hydrogen-bond donors (Lipinski definition) is 2. The number of aromatic nitrogens is 2. The quantitative estimate of drug-likeness (QED) is 0.499. The van der Waals surface area contributed by atoms with Gasteiger partial charge in [0.2, 0.25) is 0 Å². The molecule has 30 heavy (non-hydrogen) atoms. The molecule has 0 spiro atoms. The maximum atomic E-state index is 13.1. The zero-order valence-electron chi connectivity index (χ0n) is 17.3. The van der Waals surface area contributed by atoms with Crippen LogP contribution in [0.2, 0.25) is 0 Å². The number of ketones is 2. The first kappa shape index (κ1) is 18.6. The van der Waals surface area contributed by atoms with E-state index in [0.717, 1.165) is 45.2 Å². The van der Waals surface area contributed by atoms with Gasteiger partial charge in [-0.2, -0.15) is 0 Å². The molecule has 5 heteroatoms. The molecular weight excluding hydrogens is 374 g/mol. The van der Waals surface area contributed by atoms with Crippen LogP contribution in [0.1, 0.15) is 28.8 Å². The van der Waals surface area contributed by atoms with Crippen LogP contribution >= 0.6 is 0 Å². The number of H-pyrrole nitrogens is 2. The zero-order valence-corrected chi connectivity index (χ0v) is 17.3. The number of hydrogen-bond acceptors (Lipinski definition) is 3. The Kier molecular flexibility index (Phi) is 4.22. The van der Waals surface area contributed by atoms with Gasteiger partial charge in [-0.15, -0.1) is 0 Å². The maximum Gasteiger partial charge on any atom is 0.172 e. The molecule has 0 aliphatic heterocycles. The molecule has 2 aromatic heterocycles. The van der Waals surface area contributed by atoms with Crippen molar-refractivity contribution in [2.75, 3.05) is 14.1 Å². The highest BCUT2D eigenvalue weighted by Gasteiger charge is 2.35. The Morgan fingerprint density at radius 1 is 0.933 bits per heavy atom. The van der Waals surface area contributed by atoms with Gasteiger partial charge in [-0.05, 0) is 44.8 Å². The van der Waals surface area contributed by atoms with E-state index in [4.69, 9.17) is 0 Å². The predicted molar refractivity (Wildman–Crippen MR) is 120 cm³/mol. The fraction of sp³-hybridized carbons (Fsp3) is 0.200. The number of fused-ring (bicyclic) bond motifs is 2. The van der Waals surface area contributed by atoms with E-state index in [-0.39, 0.29) is 18.0 Å². The first-order valence-electron chi connectivity index (χ1n) is 10.1. The van der Waals surface area contributed by atoms with Crippen LogP contribution in [0.25, 0.3) is 33.0 Å². The van der Waals surface area contributed by atoms with Gasteiger partial charge < -0.3 is 14.9 Å². The Hall–Kier alpha value is -3.44. The van der Waals surface area contributed by atoms with E-state index < -0.39 is 0 Å². The molecule has 2 aromatic carbocycles. The number of Topliss-reactive ketones (excluding diaryl/α,β-unsaturated/α-hetero) is 2. The summed E-state index contributed by atoms with van der Waals surface area (Å²) < 4.78 is 0. The average molecular weight is 397 g/mol. The molecule has 0 amide bonds. The molecule has 0 bridgehead atoms. The Morgan fingerprint density at radius 2 is 1.70 bits per heavy atom. The highest BCUT2D eigenvalue weighted by molar-refractivity contribution is 6.52. The van der Waals surface area contributed by atoms with Crippen molar-refractivity contribution >= 4 is 44.5 Å². The van der Waals surface area contributed by atoms with E-state index in [1.165, 1.54) is 5.56 Å². The van der Waals surface area contributed by atoms with E-state index in [9.17, 15) is 9.59 Å². The van der Waals surface area contributed by atoms with Crippen LogP contribution in [-0.2, 0) is 16.1 Å². The minimum atomic E-state index is -0.113. The highest BCUT2D eigenvalue weighted by atomic mass is 16.2. The lowest BCUT2D eigenvalue weighted by molar-refractivity contribution is -0.119. The number of rotatable bonds is 4. The lowest BCUT2D eigenvalue weighted by Crippen LogP contribution is -2.10.